The molecule has 0 spiro atoms. The minimum absolute atomic E-state index is 0.0310. The summed E-state index contributed by atoms with van der Waals surface area (Å²) in [5.41, 5.74) is 2.24. The number of aliphatic hydroxyl groups excluding tert-OH is 2. The number of unbranched alkanes of at least 4 members (excludes halogenated alkanes) is 1. The number of hydrogen-bond acceptors (Lipinski definition) is 15. The van der Waals surface area contributed by atoms with Crippen LogP contribution in [0.25, 0.3) is 17.1 Å². The molecule has 7 N–H and O–H groups in total. The van der Waals surface area contributed by atoms with Crippen molar-refractivity contribution in [2.75, 3.05) is 51.5 Å². The normalized spacial score (nSPS) is 21.3. The van der Waals surface area contributed by atoms with Gasteiger partial charge in [-0.15, -0.1) is 0 Å². The quantitative estimate of drug-likeness (QED) is 0.114. The van der Waals surface area contributed by atoms with Crippen molar-refractivity contribution in [3.05, 3.63) is 80.8 Å². The van der Waals surface area contributed by atoms with Crippen LogP contribution in [0.2, 0.25) is 0 Å². The van der Waals surface area contributed by atoms with Gasteiger partial charge in [0.05, 0.1) is 17.3 Å². The molecule has 3 aliphatic rings. The number of nitrogens with one attached hydrogen (secondary N) is 1. The zero-order valence-corrected chi connectivity index (χ0v) is 32.5. The first-order chi connectivity index (χ1) is 27.4. The van der Waals surface area contributed by atoms with Gasteiger partial charge >= 0.3 is 11.9 Å². The Morgan fingerprint density at radius 1 is 1.03 bits per heavy atom. The number of anilines is 2. The van der Waals surface area contributed by atoms with Gasteiger partial charge in [0.2, 0.25) is 11.7 Å². The second kappa shape index (κ2) is 15.9. The topological polar surface area (TPSA) is 267 Å². The van der Waals surface area contributed by atoms with E-state index in [1.54, 1.807) is 49.3 Å². The third kappa shape index (κ3) is 7.08. The number of phenols is 1. The third-order valence-electron chi connectivity index (χ3n) is 10.8. The second-order valence-corrected chi connectivity index (χ2v) is 15.0. The molecule has 58 heavy (non-hydrogen) atoms. The summed E-state index contributed by atoms with van der Waals surface area (Å²) < 4.78 is 15.7. The number of aliphatic hydroxyl groups is 3. The average Bonchev–Trinajstić information content (AvgIpc) is 3.54. The standard InChI is InChI=1S/C40H45N5O13/c1-6-7-13-45(38(53)56-18-25-34(58-39(54)57-25)19-11-9-8-10-12-19)17-26(46)42-23-16-24(43(2)3)21-14-20-15-22-30(44(4)5)33(49)29(37(41)52)36(51)40(22,55)35(50)27(20)32(48)28(21)31(23)47/h8-12,16,20,22,30,47-48,51,55H,6-7,13-15,17-18H2,1-5H3,(H2,41,52)(H,42,46)/t20?,22?,30-,40-/m0/s1. The number of nitrogens with zero attached hydrogens (tertiary/aromatic N) is 3. The summed E-state index contributed by atoms with van der Waals surface area (Å²) in [6, 6.07) is 8.81. The molecular weight excluding hydrogens is 758 g/mol. The number of nitrogens with two attached hydrogens (primary N) is 1. The third-order valence-corrected chi connectivity index (χ3v) is 10.8. The van der Waals surface area contributed by atoms with Gasteiger partial charge < -0.3 is 49.9 Å². The summed E-state index contributed by atoms with van der Waals surface area (Å²) in [4.78, 5) is 83.1. The molecule has 0 bridgehead atoms. The van der Waals surface area contributed by atoms with E-state index >= 15 is 0 Å². The van der Waals surface area contributed by atoms with E-state index in [9.17, 15) is 49.2 Å². The first-order valence-electron chi connectivity index (χ1n) is 18.5. The molecule has 1 saturated carbocycles. The molecule has 3 amide bonds. The minimum Gasteiger partial charge on any atom is -0.508 e. The fourth-order valence-electron chi connectivity index (χ4n) is 8.16. The summed E-state index contributed by atoms with van der Waals surface area (Å²) >= 11 is 0. The lowest BCUT2D eigenvalue weighted by Gasteiger charge is -2.50. The highest BCUT2D eigenvalue weighted by Gasteiger charge is 2.64. The zero-order chi connectivity index (χ0) is 42.4. The van der Waals surface area contributed by atoms with Crippen LogP contribution in [0.4, 0.5) is 16.2 Å². The van der Waals surface area contributed by atoms with E-state index in [4.69, 9.17) is 19.3 Å². The molecule has 308 valence electrons. The number of carbonyl (C=O) groups excluding carboxylic acids is 5. The smallest absolute Gasteiger partial charge is 0.508 e. The Labute approximate surface area is 331 Å². The Balaban J connectivity index is 1.30. The summed E-state index contributed by atoms with van der Waals surface area (Å²) in [7, 11) is 6.40. The Hall–Kier alpha value is -6.40. The van der Waals surface area contributed by atoms with Gasteiger partial charge in [0.1, 0.15) is 29.4 Å². The number of fused-ring (bicyclic) bond motifs is 3. The fourth-order valence-corrected chi connectivity index (χ4v) is 8.16. The van der Waals surface area contributed by atoms with Gasteiger partial charge in [-0.1, -0.05) is 43.7 Å². The van der Waals surface area contributed by atoms with Crippen molar-refractivity contribution in [2.45, 2.75) is 50.9 Å². The van der Waals surface area contributed by atoms with E-state index in [1.165, 1.54) is 25.1 Å². The van der Waals surface area contributed by atoms with E-state index in [1.807, 2.05) is 6.92 Å². The fraction of sp³-hybridized carbons (Fsp3) is 0.400. The second-order valence-electron chi connectivity index (χ2n) is 15.0. The maximum Gasteiger partial charge on any atom is 0.519 e. The average molecular weight is 804 g/mol. The molecule has 18 heteroatoms. The lowest BCUT2D eigenvalue weighted by molar-refractivity contribution is -0.153. The maximum absolute atomic E-state index is 14.3. The monoisotopic (exact) mass is 803 g/mol. The molecule has 0 aliphatic heterocycles. The van der Waals surface area contributed by atoms with Crippen LogP contribution in [0.3, 0.4) is 0 Å². The predicted octanol–water partition coefficient (Wildman–Crippen LogP) is 2.62. The minimum atomic E-state index is -2.82. The number of aromatic hydroxyl groups is 1. The van der Waals surface area contributed by atoms with Gasteiger partial charge in [-0.25, -0.2) is 9.59 Å². The van der Waals surface area contributed by atoms with E-state index < -0.39 is 94.8 Å². The molecule has 3 aromatic rings. The molecule has 2 unspecified atom stereocenters. The van der Waals surface area contributed by atoms with Crippen molar-refractivity contribution in [3.8, 4) is 17.1 Å². The van der Waals surface area contributed by atoms with Crippen LogP contribution in [-0.4, -0.2) is 113 Å². The number of ketones is 2. The Morgan fingerprint density at radius 2 is 1.72 bits per heavy atom. The predicted molar refractivity (Wildman–Crippen MR) is 207 cm³/mol. The molecule has 18 nitrogen and oxygen atoms in total. The number of hydrogen-bond donors (Lipinski definition) is 6. The van der Waals surface area contributed by atoms with Crippen LogP contribution in [0.15, 0.2) is 66.9 Å². The van der Waals surface area contributed by atoms with Gasteiger partial charge in [-0.2, -0.15) is 0 Å². The molecule has 4 atom stereocenters. The van der Waals surface area contributed by atoms with Gasteiger partial charge in [0.15, 0.2) is 29.5 Å². The molecule has 2 aromatic carbocycles. The van der Waals surface area contributed by atoms with Crippen LogP contribution < -0.4 is 21.8 Å². The van der Waals surface area contributed by atoms with Gasteiger partial charge in [0, 0.05) is 43.4 Å². The number of rotatable bonds is 12. The number of ether oxygens (including phenoxy) is 1. The summed E-state index contributed by atoms with van der Waals surface area (Å²) in [6.07, 6.45) is 0.177. The van der Waals surface area contributed by atoms with Crippen molar-refractivity contribution >= 4 is 46.6 Å². The van der Waals surface area contributed by atoms with E-state index in [0.717, 1.165) is 4.90 Å². The van der Waals surface area contributed by atoms with Crippen LogP contribution in [0, 0.1) is 11.8 Å². The van der Waals surface area contributed by atoms with Crippen LogP contribution >= 0.6 is 0 Å². The summed E-state index contributed by atoms with van der Waals surface area (Å²) in [5.74, 6) is -9.72. The van der Waals surface area contributed by atoms with Crippen molar-refractivity contribution in [1.29, 1.82) is 0 Å². The van der Waals surface area contributed by atoms with Crippen molar-refractivity contribution in [1.82, 2.24) is 9.80 Å². The van der Waals surface area contributed by atoms with Crippen LogP contribution in [0.1, 0.15) is 43.1 Å². The molecule has 0 saturated heterocycles. The van der Waals surface area contributed by atoms with Gasteiger partial charge in [0.25, 0.3) is 5.91 Å². The van der Waals surface area contributed by atoms with Crippen molar-refractivity contribution in [3.63, 3.8) is 0 Å². The molecule has 1 aromatic heterocycles. The molecule has 3 aliphatic carbocycles. The first-order valence-corrected chi connectivity index (χ1v) is 18.5. The Morgan fingerprint density at radius 3 is 2.34 bits per heavy atom. The number of primary amides is 1. The number of likely N-dealkylation sites (N-methyl/N-ethyl adjacent to an activating group) is 1. The van der Waals surface area contributed by atoms with Crippen LogP contribution in [0.5, 0.6) is 5.75 Å². The molecule has 6 rings (SSSR count). The highest BCUT2D eigenvalue weighted by Crippen LogP contribution is 2.54. The van der Waals surface area contributed by atoms with Gasteiger partial charge in [-0.3, -0.25) is 29.0 Å². The summed E-state index contributed by atoms with van der Waals surface area (Å²) in [6.45, 7) is 0.953. The largest absolute Gasteiger partial charge is 0.519 e. The number of carbonyl (C=O) groups is 5. The Bertz CT molecular complexity index is 2310. The van der Waals surface area contributed by atoms with E-state index in [2.05, 4.69) is 5.32 Å². The maximum atomic E-state index is 14.3. The SMILES string of the molecule is CCCCN(CC(=O)Nc1cc(N(C)C)c2c(c1O)C(O)=C1C(=O)[C@]3(O)C(O)=C(C(N)=O)C(=O)[C@@H](N(C)C)C3CC1C2)C(=O)OCc1oc(=O)oc1-c1ccccc1. The molecule has 0 radical (unpaired) electrons. The molecule has 1 fully saturated rings. The highest BCUT2D eigenvalue weighted by atomic mass is 16.6. The van der Waals surface area contributed by atoms with Crippen molar-refractivity contribution < 1.29 is 58.0 Å². The van der Waals surface area contributed by atoms with Gasteiger partial charge in [-0.05, 0) is 50.9 Å². The number of benzene rings is 2. The number of phenolic OH excluding ortho intramolecular Hbond substituents is 1. The number of amides is 3. The molecular formula is C40H45N5O13. The summed E-state index contributed by atoms with van der Waals surface area (Å²) in [5, 5.41) is 49.1. The highest BCUT2D eigenvalue weighted by molar-refractivity contribution is 6.24. The first kappa shape index (κ1) is 41.2. The lowest BCUT2D eigenvalue weighted by atomic mass is 9.57. The van der Waals surface area contributed by atoms with E-state index in [-0.39, 0.29) is 47.7 Å². The van der Waals surface area contributed by atoms with E-state index in [0.29, 0.717) is 29.7 Å². The zero-order valence-electron chi connectivity index (χ0n) is 32.5. The van der Waals surface area contributed by atoms with Crippen molar-refractivity contribution in [2.24, 2.45) is 17.6 Å². The number of Topliss-reactive ketones (excluding diaryl/α,β-unsaturated/α-hetero) is 2. The Kier molecular flexibility index (Phi) is 11.3. The van der Waals surface area contributed by atoms with Crippen LogP contribution in [-0.2, 0) is 36.9 Å². The molecule has 1 heterocycles. The lowest BCUT2D eigenvalue weighted by Crippen LogP contribution is -2.65.